The average Bonchev–Trinajstić information content (AvgIpc) is 3.84. The molecule has 11 atom stereocenters. The quantitative estimate of drug-likeness (QED) is 0.0380. The number of nitrogens with two attached hydrogens (primary N) is 2. The number of carboxylic acid groups (broad SMARTS) is 1. The van der Waals surface area contributed by atoms with Gasteiger partial charge >= 0.3 is 23.5 Å². The van der Waals surface area contributed by atoms with Crippen LogP contribution in [0.3, 0.4) is 0 Å². The Morgan fingerprint density at radius 2 is 1.75 bits per heavy atom. The smallest absolute Gasteiger partial charge is 0.335 e. The van der Waals surface area contributed by atoms with Crippen LogP contribution in [0, 0.1) is 22.7 Å². The molecule has 5 aliphatic rings. The Morgan fingerprint density at radius 1 is 1.02 bits per heavy atom. The predicted molar refractivity (Wildman–Crippen MR) is 199 cm³/mol. The Bertz CT molecular complexity index is 1740. The number of epoxide rings is 1. The number of fused-ring (bicyclic) bond motifs is 3. The first-order valence-electron chi connectivity index (χ1n) is 20.0. The van der Waals surface area contributed by atoms with E-state index in [2.05, 4.69) is 17.2 Å². The van der Waals surface area contributed by atoms with Crippen molar-refractivity contribution < 1.29 is 52.8 Å². The number of aliphatic imine (C=N–C) groups is 1. The summed E-state index contributed by atoms with van der Waals surface area (Å²) in [6.45, 7) is 3.78. The summed E-state index contributed by atoms with van der Waals surface area (Å²) in [7, 11) is 0. The minimum Gasteiger partial charge on any atom is -0.480 e. The van der Waals surface area contributed by atoms with Gasteiger partial charge in [0, 0.05) is 50.1 Å². The lowest BCUT2D eigenvalue weighted by Gasteiger charge is -2.62. The van der Waals surface area contributed by atoms with Gasteiger partial charge in [0.25, 0.3) is 0 Å². The summed E-state index contributed by atoms with van der Waals surface area (Å²) in [4.78, 5) is 78.0. The molecule has 308 valence electrons. The van der Waals surface area contributed by atoms with E-state index in [1.165, 1.54) is 19.3 Å². The SMILES string of the molecule is CC(=O)O[C@H]1C2OC23C2CC[C@]4(O)C[C@@H](OC(=O)CCCCCCC(=O)NC(CCCN=C(N)N)C(=O)O)CC[C@]4(C=O)C2CC[C@]3(C)[C@H]1c1ccc(=O)oc1. The Labute approximate surface area is 325 Å². The van der Waals surface area contributed by atoms with E-state index in [-0.39, 0.29) is 67.8 Å². The summed E-state index contributed by atoms with van der Waals surface area (Å²) in [6.07, 6.45) is 7.42. The van der Waals surface area contributed by atoms with E-state index >= 15 is 0 Å². The summed E-state index contributed by atoms with van der Waals surface area (Å²) in [5.41, 5.74) is 7.26. The maximum Gasteiger partial charge on any atom is 0.335 e. The zero-order valence-electron chi connectivity index (χ0n) is 32.2. The highest BCUT2D eigenvalue weighted by Crippen LogP contribution is 2.78. The molecule has 0 aromatic carbocycles. The van der Waals surface area contributed by atoms with Crippen LogP contribution in [0.25, 0.3) is 0 Å². The van der Waals surface area contributed by atoms with Crippen molar-refractivity contribution in [2.75, 3.05) is 6.54 Å². The Balaban J connectivity index is 0.997. The zero-order valence-corrected chi connectivity index (χ0v) is 32.2. The van der Waals surface area contributed by atoms with Gasteiger partial charge < -0.3 is 50.4 Å². The fourth-order valence-electron chi connectivity index (χ4n) is 11.3. The molecule has 4 saturated carbocycles. The second kappa shape index (κ2) is 16.3. The van der Waals surface area contributed by atoms with E-state index in [9.17, 15) is 39.0 Å². The molecule has 56 heavy (non-hydrogen) atoms. The summed E-state index contributed by atoms with van der Waals surface area (Å²) >= 11 is 0. The molecule has 6 rings (SSSR count). The van der Waals surface area contributed by atoms with Gasteiger partial charge in [0.2, 0.25) is 5.91 Å². The van der Waals surface area contributed by atoms with Gasteiger partial charge in [-0.1, -0.05) is 19.8 Å². The number of aliphatic hydroxyl groups is 1. The molecule has 2 heterocycles. The molecule has 1 aliphatic heterocycles. The van der Waals surface area contributed by atoms with Gasteiger partial charge in [-0.2, -0.15) is 0 Å². The van der Waals surface area contributed by atoms with Crippen molar-refractivity contribution in [3.8, 4) is 0 Å². The first-order chi connectivity index (χ1) is 26.6. The number of hydrogen-bond acceptors (Lipinski definition) is 12. The Hall–Kier alpha value is -4.31. The van der Waals surface area contributed by atoms with Gasteiger partial charge in [0.15, 0.2) is 5.96 Å². The number of amides is 1. The Kier molecular flexibility index (Phi) is 12.0. The number of rotatable bonds is 17. The van der Waals surface area contributed by atoms with Gasteiger partial charge in [-0.05, 0) is 87.7 Å². The molecule has 1 spiro atoms. The van der Waals surface area contributed by atoms with Crippen LogP contribution in [0.4, 0.5) is 0 Å². The number of carbonyl (C=O) groups excluding carboxylic acids is 4. The lowest BCUT2D eigenvalue weighted by Crippen LogP contribution is -2.67. The summed E-state index contributed by atoms with van der Waals surface area (Å²) in [5, 5.41) is 24.3. The van der Waals surface area contributed by atoms with Gasteiger partial charge in [0.05, 0.1) is 17.3 Å². The third kappa shape index (κ3) is 7.58. The van der Waals surface area contributed by atoms with E-state index in [1.54, 1.807) is 6.07 Å². The molecule has 16 nitrogen and oxygen atoms in total. The lowest BCUT2D eigenvalue weighted by atomic mass is 9.42. The number of aldehydes is 1. The molecule has 1 aromatic heterocycles. The maximum atomic E-state index is 13.3. The van der Waals surface area contributed by atoms with Crippen LogP contribution in [0.2, 0.25) is 0 Å². The number of carbonyl (C=O) groups is 5. The second-order valence-corrected chi connectivity index (χ2v) is 16.8. The molecule has 5 fully saturated rings. The number of nitrogens with one attached hydrogen (secondary N) is 1. The third-order valence-electron chi connectivity index (χ3n) is 13.8. The first kappa shape index (κ1) is 41.3. The van der Waals surface area contributed by atoms with Gasteiger partial charge in [-0.3, -0.25) is 19.4 Å². The molecule has 0 radical (unpaired) electrons. The summed E-state index contributed by atoms with van der Waals surface area (Å²) in [6, 6.07) is 2.07. The number of guanidine groups is 1. The van der Waals surface area contributed by atoms with Crippen LogP contribution in [0.15, 0.2) is 32.6 Å². The molecule has 5 unspecified atom stereocenters. The van der Waals surface area contributed by atoms with Crippen LogP contribution in [0.5, 0.6) is 0 Å². The second-order valence-electron chi connectivity index (χ2n) is 16.8. The van der Waals surface area contributed by atoms with Crippen LogP contribution >= 0.6 is 0 Å². The van der Waals surface area contributed by atoms with E-state index in [0.717, 1.165) is 11.8 Å². The number of carboxylic acids is 1. The third-order valence-corrected chi connectivity index (χ3v) is 13.8. The van der Waals surface area contributed by atoms with Gasteiger partial charge in [-0.25, -0.2) is 9.59 Å². The van der Waals surface area contributed by atoms with E-state index < -0.39 is 64.0 Å². The molecule has 1 aromatic rings. The van der Waals surface area contributed by atoms with Crippen molar-refractivity contribution in [1.82, 2.24) is 5.32 Å². The molecule has 0 bridgehead atoms. The van der Waals surface area contributed by atoms with Gasteiger partial charge in [0.1, 0.15) is 36.2 Å². The fraction of sp³-hybridized carbons (Fsp3) is 0.725. The predicted octanol–water partition coefficient (Wildman–Crippen LogP) is 2.61. The largest absolute Gasteiger partial charge is 0.480 e. The number of unbranched alkanes of at least 4 members (excludes halogenated alkanes) is 3. The number of aliphatic carboxylic acids is 1. The van der Waals surface area contributed by atoms with E-state index in [0.29, 0.717) is 70.6 Å². The average molecular weight is 785 g/mol. The molecule has 1 amide bonds. The van der Waals surface area contributed by atoms with Crippen molar-refractivity contribution in [2.45, 2.75) is 152 Å². The molecule has 7 N–H and O–H groups in total. The Morgan fingerprint density at radius 3 is 2.41 bits per heavy atom. The van der Waals surface area contributed by atoms with Gasteiger partial charge in [-0.15, -0.1) is 0 Å². The molecule has 16 heteroatoms. The first-order valence-corrected chi connectivity index (χ1v) is 20.0. The topological polar surface area (TPSA) is 263 Å². The fourth-order valence-corrected chi connectivity index (χ4v) is 11.3. The van der Waals surface area contributed by atoms with Crippen molar-refractivity contribution in [3.05, 3.63) is 34.4 Å². The standard InChI is InChI=1S/C40H56N4O12/c1-23(46)54-33-32(24-11-12-30(48)53-21-24)37(2)16-14-26-27(40(37)34(33)56-40)15-18-39(52)20-25(13-17-38(26,39)22-45)55-31(49)10-6-4-3-5-9-29(47)44-28(35(50)51)8-7-19-43-36(41)42/h11-12,21-22,25-28,32-34,52H,3-10,13-20H2,1-2H3,(H,44,47)(H,50,51)(H4,41,42,43)/t25-,26?,27?,28?,32-,33+,34?,37+,38-,39-,40?/m0/s1. The van der Waals surface area contributed by atoms with Crippen molar-refractivity contribution in [1.29, 1.82) is 0 Å². The molecular formula is C40H56N4O12. The van der Waals surface area contributed by atoms with Crippen LogP contribution < -0.4 is 22.4 Å². The number of nitrogens with zero attached hydrogens (tertiary/aromatic N) is 1. The maximum absolute atomic E-state index is 13.3. The van der Waals surface area contributed by atoms with Crippen molar-refractivity contribution in [3.63, 3.8) is 0 Å². The highest BCUT2D eigenvalue weighted by atomic mass is 16.7. The molecule has 4 aliphatic carbocycles. The summed E-state index contributed by atoms with van der Waals surface area (Å²) in [5.74, 6) is -2.92. The number of ether oxygens (including phenoxy) is 3. The van der Waals surface area contributed by atoms with Crippen LogP contribution in [-0.4, -0.2) is 88.4 Å². The minimum atomic E-state index is -1.36. The van der Waals surface area contributed by atoms with E-state index in [1.807, 2.05) is 0 Å². The lowest BCUT2D eigenvalue weighted by molar-refractivity contribution is -0.223. The van der Waals surface area contributed by atoms with E-state index in [4.69, 9.17) is 30.1 Å². The highest BCUT2D eigenvalue weighted by Gasteiger charge is 2.85. The normalized spacial score (nSPS) is 35.6. The van der Waals surface area contributed by atoms with Crippen molar-refractivity contribution in [2.24, 2.45) is 39.1 Å². The van der Waals surface area contributed by atoms with Crippen LogP contribution in [-0.2, 0) is 38.2 Å². The van der Waals surface area contributed by atoms with Crippen molar-refractivity contribution >= 4 is 36.1 Å². The monoisotopic (exact) mass is 784 g/mol. The minimum absolute atomic E-state index is 0.0772. The van der Waals surface area contributed by atoms with Crippen LogP contribution in [0.1, 0.15) is 122 Å². The summed E-state index contributed by atoms with van der Waals surface area (Å²) < 4.78 is 23.7. The molecular weight excluding hydrogens is 728 g/mol. The number of esters is 2. The zero-order chi connectivity index (χ0) is 40.5. The highest BCUT2D eigenvalue weighted by molar-refractivity contribution is 5.83. The molecule has 1 saturated heterocycles. The number of hydrogen-bond donors (Lipinski definition) is 5.